The molecule has 0 radical (unpaired) electrons. The summed E-state index contributed by atoms with van der Waals surface area (Å²) in [5, 5.41) is 11.5. The van der Waals surface area contributed by atoms with E-state index in [4.69, 9.17) is 16.3 Å². The minimum Gasteiger partial charge on any atom is -0.372 e. The third-order valence-corrected chi connectivity index (χ3v) is 3.20. The van der Waals surface area contributed by atoms with Gasteiger partial charge in [-0.05, 0) is 19.9 Å². The van der Waals surface area contributed by atoms with Gasteiger partial charge in [0, 0.05) is 19.2 Å². The van der Waals surface area contributed by atoms with E-state index in [0.717, 1.165) is 0 Å². The van der Waals surface area contributed by atoms with Gasteiger partial charge < -0.3 is 9.64 Å². The summed E-state index contributed by atoms with van der Waals surface area (Å²) in [7, 11) is 0. The van der Waals surface area contributed by atoms with Gasteiger partial charge in [0.05, 0.1) is 22.2 Å². The second kappa shape index (κ2) is 5.12. The number of rotatable bonds is 2. The molecule has 1 aliphatic rings. The van der Waals surface area contributed by atoms with Crippen molar-refractivity contribution in [1.29, 1.82) is 0 Å². The maximum atomic E-state index is 11.1. The molecule has 0 N–H and O–H groups in total. The molecule has 5 nitrogen and oxygen atoms in total. The van der Waals surface area contributed by atoms with Crippen LogP contribution >= 0.6 is 11.6 Å². The maximum absolute atomic E-state index is 11.1. The van der Waals surface area contributed by atoms with E-state index in [-0.39, 0.29) is 17.9 Å². The molecule has 1 heterocycles. The van der Waals surface area contributed by atoms with E-state index >= 15 is 0 Å². The zero-order valence-electron chi connectivity index (χ0n) is 10.3. The lowest BCUT2D eigenvalue weighted by Gasteiger charge is -2.36. The summed E-state index contributed by atoms with van der Waals surface area (Å²) in [5.41, 5.74) is 0.537. The summed E-state index contributed by atoms with van der Waals surface area (Å²) in [6, 6.07) is 4.75. The Balaban J connectivity index is 2.40. The highest BCUT2D eigenvalue weighted by Gasteiger charge is 2.29. The highest BCUT2D eigenvalue weighted by molar-refractivity contribution is 6.33. The molecule has 18 heavy (non-hydrogen) atoms. The molecule has 0 spiro atoms. The van der Waals surface area contributed by atoms with Gasteiger partial charge >= 0.3 is 0 Å². The van der Waals surface area contributed by atoms with Crippen molar-refractivity contribution in [2.24, 2.45) is 0 Å². The van der Waals surface area contributed by atoms with Crippen LogP contribution in [0.3, 0.4) is 0 Å². The molecule has 2 atom stereocenters. The van der Waals surface area contributed by atoms with Crippen molar-refractivity contribution in [3.63, 3.8) is 0 Å². The van der Waals surface area contributed by atoms with E-state index in [0.29, 0.717) is 23.8 Å². The largest absolute Gasteiger partial charge is 0.372 e. The van der Waals surface area contributed by atoms with Crippen LogP contribution in [0, 0.1) is 10.1 Å². The second-order valence-corrected chi connectivity index (χ2v) is 4.93. The zero-order valence-corrected chi connectivity index (χ0v) is 11.1. The fraction of sp³-hybridized carbons (Fsp3) is 0.500. The number of morpholine rings is 1. The Morgan fingerprint density at radius 3 is 2.56 bits per heavy atom. The van der Waals surface area contributed by atoms with Crippen LogP contribution in [0.4, 0.5) is 11.4 Å². The number of hydrogen-bond acceptors (Lipinski definition) is 4. The number of benzene rings is 1. The fourth-order valence-corrected chi connectivity index (χ4v) is 2.61. The quantitative estimate of drug-likeness (QED) is 0.612. The van der Waals surface area contributed by atoms with Gasteiger partial charge in [-0.1, -0.05) is 17.7 Å². The Kier molecular flexibility index (Phi) is 3.73. The van der Waals surface area contributed by atoms with E-state index < -0.39 is 4.92 Å². The highest BCUT2D eigenvalue weighted by atomic mass is 35.5. The number of hydrogen-bond donors (Lipinski definition) is 0. The normalized spacial score (nSPS) is 24.1. The van der Waals surface area contributed by atoms with Crippen molar-refractivity contribution in [2.75, 3.05) is 18.0 Å². The first kappa shape index (κ1) is 13.1. The molecule has 6 heteroatoms. The lowest BCUT2D eigenvalue weighted by molar-refractivity contribution is -0.384. The van der Waals surface area contributed by atoms with Crippen molar-refractivity contribution < 1.29 is 9.66 Å². The van der Waals surface area contributed by atoms with Gasteiger partial charge in [0.1, 0.15) is 5.69 Å². The van der Waals surface area contributed by atoms with Crippen LogP contribution in [0.1, 0.15) is 13.8 Å². The highest BCUT2D eigenvalue weighted by Crippen LogP contribution is 2.36. The fourth-order valence-electron chi connectivity index (χ4n) is 2.32. The van der Waals surface area contributed by atoms with Crippen molar-refractivity contribution in [3.8, 4) is 0 Å². The molecule has 98 valence electrons. The van der Waals surface area contributed by atoms with Gasteiger partial charge in [-0.25, -0.2) is 0 Å². The van der Waals surface area contributed by atoms with Crippen LogP contribution in [0.25, 0.3) is 0 Å². The number of nitro benzene ring substituents is 1. The van der Waals surface area contributed by atoms with E-state index in [1.807, 2.05) is 18.7 Å². The summed E-state index contributed by atoms with van der Waals surface area (Å²) < 4.78 is 5.62. The van der Waals surface area contributed by atoms with Crippen LogP contribution in [0.5, 0.6) is 0 Å². The molecule has 1 saturated heterocycles. The van der Waals surface area contributed by atoms with Crippen molar-refractivity contribution in [1.82, 2.24) is 0 Å². The number of halogens is 1. The van der Waals surface area contributed by atoms with Gasteiger partial charge in [0.25, 0.3) is 5.69 Å². The van der Waals surface area contributed by atoms with Crippen LogP contribution in [-0.4, -0.2) is 30.2 Å². The molecule has 1 aliphatic heterocycles. The Labute approximate surface area is 110 Å². The van der Waals surface area contributed by atoms with Crippen molar-refractivity contribution >= 4 is 23.0 Å². The van der Waals surface area contributed by atoms with E-state index in [9.17, 15) is 10.1 Å². The van der Waals surface area contributed by atoms with Crippen LogP contribution < -0.4 is 4.90 Å². The van der Waals surface area contributed by atoms with E-state index in [2.05, 4.69) is 0 Å². The van der Waals surface area contributed by atoms with Crippen LogP contribution in [0.2, 0.25) is 5.02 Å². The predicted molar refractivity (Wildman–Crippen MR) is 70.3 cm³/mol. The lowest BCUT2D eigenvalue weighted by atomic mass is 10.1. The summed E-state index contributed by atoms with van der Waals surface area (Å²) in [5.74, 6) is 0. The first-order valence-electron chi connectivity index (χ1n) is 5.82. The number of para-hydroxylation sites is 1. The number of nitrogens with zero attached hydrogens (tertiary/aromatic N) is 2. The Morgan fingerprint density at radius 1 is 1.39 bits per heavy atom. The minimum atomic E-state index is -0.397. The van der Waals surface area contributed by atoms with Gasteiger partial charge in [-0.15, -0.1) is 0 Å². The Morgan fingerprint density at radius 2 is 2.00 bits per heavy atom. The SMILES string of the molecule is C[C@H]1CN(c2c(Cl)cccc2[N+](=O)[O-])C[C@H](C)O1. The van der Waals surface area contributed by atoms with Crippen LogP contribution in [0.15, 0.2) is 18.2 Å². The molecule has 2 rings (SSSR count). The smallest absolute Gasteiger partial charge is 0.294 e. The van der Waals surface area contributed by atoms with E-state index in [1.54, 1.807) is 12.1 Å². The topological polar surface area (TPSA) is 55.6 Å². The molecule has 1 aromatic rings. The van der Waals surface area contributed by atoms with Crippen molar-refractivity contribution in [3.05, 3.63) is 33.3 Å². The number of anilines is 1. The number of nitro groups is 1. The molecule has 0 unspecified atom stereocenters. The molecular formula is C12H15ClN2O3. The minimum absolute atomic E-state index is 0.0321. The third-order valence-electron chi connectivity index (χ3n) is 2.90. The van der Waals surface area contributed by atoms with Gasteiger partial charge in [0.15, 0.2) is 0 Å². The second-order valence-electron chi connectivity index (χ2n) is 4.53. The van der Waals surface area contributed by atoms with Crippen molar-refractivity contribution in [2.45, 2.75) is 26.1 Å². The summed E-state index contributed by atoms with van der Waals surface area (Å²) in [6.45, 7) is 5.11. The molecule has 1 fully saturated rings. The van der Waals surface area contributed by atoms with E-state index in [1.165, 1.54) is 6.07 Å². The average molecular weight is 271 g/mol. The summed E-state index contributed by atoms with van der Waals surface area (Å²) in [4.78, 5) is 12.6. The molecule has 0 aromatic heterocycles. The van der Waals surface area contributed by atoms with Gasteiger partial charge in [0.2, 0.25) is 0 Å². The molecule has 1 aromatic carbocycles. The standard InChI is InChI=1S/C12H15ClN2O3/c1-8-6-14(7-9(2)18-8)12-10(13)4-3-5-11(12)15(16)17/h3-5,8-9H,6-7H2,1-2H3/t8-,9-/m0/s1. The zero-order chi connectivity index (χ0) is 13.3. The lowest BCUT2D eigenvalue weighted by Crippen LogP contribution is -2.45. The number of ether oxygens (including phenoxy) is 1. The van der Waals surface area contributed by atoms with Gasteiger partial charge in [-0.2, -0.15) is 0 Å². The first-order chi connectivity index (χ1) is 8.49. The summed E-state index contributed by atoms with van der Waals surface area (Å²) >= 11 is 6.12. The summed E-state index contributed by atoms with van der Waals surface area (Å²) in [6.07, 6.45) is 0.0641. The average Bonchev–Trinajstić information content (AvgIpc) is 2.26. The monoisotopic (exact) mass is 270 g/mol. The molecule has 0 amide bonds. The first-order valence-corrected chi connectivity index (χ1v) is 6.20. The third kappa shape index (κ3) is 2.57. The maximum Gasteiger partial charge on any atom is 0.294 e. The van der Waals surface area contributed by atoms with Gasteiger partial charge in [-0.3, -0.25) is 10.1 Å². The predicted octanol–water partition coefficient (Wildman–Crippen LogP) is 2.86. The molecular weight excluding hydrogens is 256 g/mol. The van der Waals surface area contributed by atoms with Crippen LogP contribution in [-0.2, 0) is 4.74 Å². The Hall–Kier alpha value is -1.33. The molecule has 0 aliphatic carbocycles. The molecule has 0 saturated carbocycles. The Bertz CT molecular complexity index is 457. The molecule has 0 bridgehead atoms.